The van der Waals surface area contributed by atoms with E-state index in [0.29, 0.717) is 0 Å². The predicted octanol–water partition coefficient (Wildman–Crippen LogP) is 1.40. The Bertz CT molecular complexity index is 174. The van der Waals surface area contributed by atoms with Crippen LogP contribution >= 0.6 is 0 Å². The largest absolute Gasteiger partial charge is 0.313 e. The molecule has 1 fully saturated rings. The Morgan fingerprint density at radius 1 is 1.19 bits per heavy atom. The van der Waals surface area contributed by atoms with Gasteiger partial charge in [0.15, 0.2) is 0 Å². The lowest BCUT2D eigenvalue weighted by molar-refractivity contribution is 0.155. The highest BCUT2D eigenvalue weighted by Gasteiger charge is 2.21. The van der Waals surface area contributed by atoms with Crippen molar-refractivity contribution >= 4 is 0 Å². The van der Waals surface area contributed by atoms with Crippen LogP contribution in [0.15, 0.2) is 0 Å². The fourth-order valence-electron chi connectivity index (χ4n) is 2.48. The van der Waals surface area contributed by atoms with Gasteiger partial charge in [-0.3, -0.25) is 4.90 Å². The highest BCUT2D eigenvalue weighted by Crippen LogP contribution is 2.14. The summed E-state index contributed by atoms with van der Waals surface area (Å²) in [7, 11) is 4.31. The molecule has 3 heteroatoms. The summed E-state index contributed by atoms with van der Waals surface area (Å²) in [4.78, 5) is 4.91. The number of nitrogens with zero attached hydrogens (tertiary/aromatic N) is 2. The molecule has 0 aromatic heterocycles. The number of likely N-dealkylation sites (N-methyl/N-ethyl adjacent to an activating group) is 1. The van der Waals surface area contributed by atoms with Gasteiger partial charge in [-0.25, -0.2) is 0 Å². The SMILES string of the molecule is CCN(CCCN(C)C)C1CCC(C)NC1. The first kappa shape index (κ1) is 13.9. The lowest BCUT2D eigenvalue weighted by Gasteiger charge is -2.36. The van der Waals surface area contributed by atoms with Gasteiger partial charge in [0.2, 0.25) is 0 Å². The standard InChI is InChI=1S/C13H29N3/c1-5-16(10-6-9-15(3)4)13-8-7-12(2)14-11-13/h12-14H,5-11H2,1-4H3. The van der Waals surface area contributed by atoms with Crippen molar-refractivity contribution in [2.75, 3.05) is 40.3 Å². The van der Waals surface area contributed by atoms with Crippen molar-refractivity contribution in [1.29, 1.82) is 0 Å². The van der Waals surface area contributed by atoms with Crippen molar-refractivity contribution in [2.24, 2.45) is 0 Å². The molecular weight excluding hydrogens is 198 g/mol. The van der Waals surface area contributed by atoms with Gasteiger partial charge in [-0.1, -0.05) is 6.92 Å². The van der Waals surface area contributed by atoms with Gasteiger partial charge in [0, 0.05) is 18.6 Å². The molecule has 96 valence electrons. The molecule has 0 amide bonds. The number of piperidine rings is 1. The molecule has 1 heterocycles. The smallest absolute Gasteiger partial charge is 0.0221 e. The average Bonchev–Trinajstić information content (AvgIpc) is 2.26. The second-order valence-electron chi connectivity index (χ2n) is 5.33. The molecule has 16 heavy (non-hydrogen) atoms. The average molecular weight is 227 g/mol. The van der Waals surface area contributed by atoms with Crippen molar-refractivity contribution in [1.82, 2.24) is 15.1 Å². The van der Waals surface area contributed by atoms with Crippen LogP contribution in [-0.4, -0.2) is 62.2 Å². The van der Waals surface area contributed by atoms with Crippen LogP contribution in [0.4, 0.5) is 0 Å². The maximum Gasteiger partial charge on any atom is 0.0221 e. The van der Waals surface area contributed by atoms with Crippen LogP contribution in [0.3, 0.4) is 0 Å². The number of hydrogen-bond donors (Lipinski definition) is 1. The number of nitrogens with one attached hydrogen (secondary N) is 1. The Balaban J connectivity index is 2.24. The summed E-state index contributed by atoms with van der Waals surface area (Å²) in [6.45, 7) is 9.39. The van der Waals surface area contributed by atoms with E-state index in [2.05, 4.69) is 43.1 Å². The van der Waals surface area contributed by atoms with Crippen LogP contribution in [-0.2, 0) is 0 Å². The third kappa shape index (κ3) is 4.81. The molecule has 2 atom stereocenters. The van der Waals surface area contributed by atoms with Crippen LogP contribution in [0.1, 0.15) is 33.1 Å². The Hall–Kier alpha value is -0.120. The van der Waals surface area contributed by atoms with Gasteiger partial charge >= 0.3 is 0 Å². The molecule has 0 bridgehead atoms. The van der Waals surface area contributed by atoms with E-state index in [1.165, 1.54) is 45.4 Å². The third-order valence-corrected chi connectivity index (χ3v) is 3.61. The highest BCUT2D eigenvalue weighted by atomic mass is 15.2. The second kappa shape index (κ2) is 7.25. The maximum absolute atomic E-state index is 3.59. The van der Waals surface area contributed by atoms with Crippen LogP contribution in [0.2, 0.25) is 0 Å². The quantitative estimate of drug-likeness (QED) is 0.740. The summed E-state index contributed by atoms with van der Waals surface area (Å²) < 4.78 is 0. The van der Waals surface area contributed by atoms with Crippen LogP contribution in [0, 0.1) is 0 Å². The van der Waals surface area contributed by atoms with E-state index in [-0.39, 0.29) is 0 Å². The van der Waals surface area contributed by atoms with Gasteiger partial charge in [0.25, 0.3) is 0 Å². The zero-order valence-corrected chi connectivity index (χ0v) is 11.5. The van der Waals surface area contributed by atoms with E-state index in [0.717, 1.165) is 12.1 Å². The maximum atomic E-state index is 3.59. The second-order valence-corrected chi connectivity index (χ2v) is 5.33. The molecule has 0 radical (unpaired) electrons. The van der Waals surface area contributed by atoms with Crippen molar-refractivity contribution in [2.45, 2.75) is 45.2 Å². The molecule has 0 aromatic rings. The van der Waals surface area contributed by atoms with Crippen molar-refractivity contribution in [3.05, 3.63) is 0 Å². The normalized spacial score (nSPS) is 26.6. The minimum atomic E-state index is 0.719. The van der Waals surface area contributed by atoms with Gasteiger partial charge in [0.05, 0.1) is 0 Å². The molecule has 1 rings (SSSR count). The Labute approximate surface area is 101 Å². The first-order valence-corrected chi connectivity index (χ1v) is 6.75. The zero-order valence-electron chi connectivity index (χ0n) is 11.5. The van der Waals surface area contributed by atoms with Gasteiger partial charge in [0.1, 0.15) is 0 Å². The molecule has 1 saturated heterocycles. The van der Waals surface area contributed by atoms with Crippen molar-refractivity contribution < 1.29 is 0 Å². The molecule has 0 spiro atoms. The highest BCUT2D eigenvalue weighted by molar-refractivity contribution is 4.81. The number of hydrogen-bond acceptors (Lipinski definition) is 3. The van der Waals surface area contributed by atoms with Gasteiger partial charge < -0.3 is 10.2 Å². The van der Waals surface area contributed by atoms with E-state index in [4.69, 9.17) is 0 Å². The molecule has 0 aromatic carbocycles. The molecule has 1 N–H and O–H groups in total. The molecule has 0 saturated carbocycles. The van der Waals surface area contributed by atoms with Gasteiger partial charge in [-0.05, 0) is 59.9 Å². The van der Waals surface area contributed by atoms with E-state index in [1.807, 2.05) is 0 Å². The summed E-state index contributed by atoms with van der Waals surface area (Å²) in [5.74, 6) is 0. The molecular formula is C13H29N3. The molecule has 0 aliphatic carbocycles. The predicted molar refractivity (Wildman–Crippen MR) is 70.9 cm³/mol. The van der Waals surface area contributed by atoms with Gasteiger partial charge in [-0.15, -0.1) is 0 Å². The van der Waals surface area contributed by atoms with Crippen LogP contribution < -0.4 is 5.32 Å². The van der Waals surface area contributed by atoms with E-state index in [9.17, 15) is 0 Å². The monoisotopic (exact) mass is 227 g/mol. The van der Waals surface area contributed by atoms with Crippen LogP contribution in [0.25, 0.3) is 0 Å². The minimum absolute atomic E-state index is 0.719. The summed E-state index contributed by atoms with van der Waals surface area (Å²) in [6.07, 6.45) is 3.98. The number of rotatable bonds is 6. The summed E-state index contributed by atoms with van der Waals surface area (Å²) in [5.41, 5.74) is 0. The molecule has 2 unspecified atom stereocenters. The Morgan fingerprint density at radius 2 is 1.94 bits per heavy atom. The first-order valence-electron chi connectivity index (χ1n) is 6.75. The molecule has 1 aliphatic heterocycles. The zero-order chi connectivity index (χ0) is 12.0. The molecule has 3 nitrogen and oxygen atoms in total. The Kier molecular flexibility index (Phi) is 6.32. The van der Waals surface area contributed by atoms with Crippen molar-refractivity contribution in [3.63, 3.8) is 0 Å². The first-order chi connectivity index (χ1) is 7.63. The lowest BCUT2D eigenvalue weighted by Crippen LogP contribution is -2.49. The van der Waals surface area contributed by atoms with Crippen molar-refractivity contribution in [3.8, 4) is 0 Å². The Morgan fingerprint density at radius 3 is 2.44 bits per heavy atom. The fourth-order valence-corrected chi connectivity index (χ4v) is 2.48. The van der Waals surface area contributed by atoms with Gasteiger partial charge in [-0.2, -0.15) is 0 Å². The van der Waals surface area contributed by atoms with Crippen LogP contribution in [0.5, 0.6) is 0 Å². The topological polar surface area (TPSA) is 18.5 Å². The fraction of sp³-hybridized carbons (Fsp3) is 1.00. The lowest BCUT2D eigenvalue weighted by atomic mass is 10.0. The minimum Gasteiger partial charge on any atom is -0.313 e. The van der Waals surface area contributed by atoms with E-state index < -0.39 is 0 Å². The molecule has 1 aliphatic rings. The van der Waals surface area contributed by atoms with E-state index in [1.54, 1.807) is 0 Å². The third-order valence-electron chi connectivity index (χ3n) is 3.61. The summed E-state index contributed by atoms with van der Waals surface area (Å²) in [5, 5.41) is 3.59. The summed E-state index contributed by atoms with van der Waals surface area (Å²) in [6, 6.07) is 1.49. The summed E-state index contributed by atoms with van der Waals surface area (Å²) >= 11 is 0. The van der Waals surface area contributed by atoms with E-state index >= 15 is 0 Å².